The molecule has 0 saturated carbocycles. The number of hydrogen-bond donors (Lipinski definition) is 0. The summed E-state index contributed by atoms with van der Waals surface area (Å²) < 4.78 is 0.382. The van der Waals surface area contributed by atoms with Crippen LogP contribution in [0.15, 0.2) is 6.08 Å². The lowest BCUT2D eigenvalue weighted by Crippen LogP contribution is -1.63. The normalized spacial score (nSPS) is 10.3. The summed E-state index contributed by atoms with van der Waals surface area (Å²) in [5, 5.41) is 8.54. The smallest absolute Gasteiger partial charge is 0.185 e. The van der Waals surface area contributed by atoms with E-state index in [4.69, 9.17) is 28.5 Å². The monoisotopic (exact) mass is 204 g/mol. The van der Waals surface area contributed by atoms with E-state index >= 15 is 0 Å². The molecule has 0 atom stereocenters. The molecule has 0 saturated heterocycles. The van der Waals surface area contributed by atoms with E-state index in [-0.39, 0.29) is 0 Å². The molecule has 0 fully saturated rings. The predicted molar refractivity (Wildman–Crippen MR) is 46.8 cm³/mol. The maximum Gasteiger partial charge on any atom is 0.185 e. The lowest BCUT2D eigenvalue weighted by atomic mass is 10.5. The molecule has 0 aliphatic carbocycles. The lowest BCUT2D eigenvalue weighted by molar-refractivity contribution is 1.42. The van der Waals surface area contributed by atoms with Gasteiger partial charge in [-0.15, -0.1) is 11.3 Å². The number of allylic oxidation sites excluding steroid dienone is 1. The maximum absolute atomic E-state index is 8.20. The number of nitriles is 1. The Bertz CT molecular complexity index is 324. The van der Waals surface area contributed by atoms with Gasteiger partial charge in [0.25, 0.3) is 0 Å². The van der Waals surface area contributed by atoms with E-state index in [1.807, 2.05) is 6.07 Å². The van der Waals surface area contributed by atoms with E-state index in [9.17, 15) is 0 Å². The van der Waals surface area contributed by atoms with Crippen LogP contribution in [0, 0.1) is 11.3 Å². The summed E-state index contributed by atoms with van der Waals surface area (Å²) in [6.45, 7) is 0. The van der Waals surface area contributed by atoms with Crippen molar-refractivity contribution >= 4 is 40.6 Å². The third-order valence-corrected chi connectivity index (χ3v) is 2.42. The molecule has 11 heavy (non-hydrogen) atoms. The van der Waals surface area contributed by atoms with E-state index in [0.717, 1.165) is 0 Å². The SMILES string of the molecule is N#CC=Cc1sc(Cl)nc1Cl. The highest BCUT2D eigenvalue weighted by molar-refractivity contribution is 7.17. The maximum atomic E-state index is 8.20. The highest BCUT2D eigenvalue weighted by Gasteiger charge is 2.03. The second-order valence-corrected chi connectivity index (χ2v) is 3.56. The summed E-state index contributed by atoms with van der Waals surface area (Å²) in [4.78, 5) is 4.46. The average Bonchev–Trinajstić information content (AvgIpc) is 2.26. The molecule has 0 bridgehead atoms. The largest absolute Gasteiger partial charge is 0.212 e. The molecule has 0 aliphatic heterocycles. The fraction of sp³-hybridized carbons (Fsp3) is 0. The summed E-state index contributed by atoms with van der Waals surface area (Å²) in [5.74, 6) is 0. The minimum absolute atomic E-state index is 0.339. The van der Waals surface area contributed by atoms with E-state index < -0.39 is 0 Å². The first-order valence-corrected chi connectivity index (χ1v) is 4.19. The van der Waals surface area contributed by atoms with Gasteiger partial charge in [0.05, 0.1) is 10.9 Å². The Morgan fingerprint density at radius 2 is 2.27 bits per heavy atom. The van der Waals surface area contributed by atoms with E-state index in [1.54, 1.807) is 6.08 Å². The van der Waals surface area contributed by atoms with Crippen LogP contribution in [0.3, 0.4) is 0 Å². The van der Waals surface area contributed by atoms with E-state index in [2.05, 4.69) is 4.98 Å². The molecule has 2 nitrogen and oxygen atoms in total. The third-order valence-electron chi connectivity index (χ3n) is 0.893. The number of aromatic nitrogens is 1. The zero-order valence-electron chi connectivity index (χ0n) is 5.21. The predicted octanol–water partition coefficient (Wildman–Crippen LogP) is 2.99. The highest BCUT2D eigenvalue weighted by Crippen LogP contribution is 2.27. The molecular formula is C6H2Cl2N2S. The summed E-state index contributed by atoms with van der Waals surface area (Å²) >= 11 is 12.4. The topological polar surface area (TPSA) is 36.7 Å². The first-order valence-electron chi connectivity index (χ1n) is 2.62. The van der Waals surface area contributed by atoms with Crippen molar-refractivity contribution in [3.8, 4) is 6.07 Å². The van der Waals surface area contributed by atoms with Gasteiger partial charge < -0.3 is 0 Å². The van der Waals surface area contributed by atoms with Crippen LogP contribution in [0.25, 0.3) is 6.08 Å². The molecule has 56 valence electrons. The molecule has 0 unspecified atom stereocenters. The summed E-state index contributed by atoms with van der Waals surface area (Å²) in [6.07, 6.45) is 2.90. The van der Waals surface area contributed by atoms with Crippen LogP contribution in [0.5, 0.6) is 0 Å². The van der Waals surface area contributed by atoms with Gasteiger partial charge in [0, 0.05) is 6.08 Å². The number of hydrogen-bond acceptors (Lipinski definition) is 3. The van der Waals surface area contributed by atoms with Gasteiger partial charge >= 0.3 is 0 Å². The van der Waals surface area contributed by atoms with Gasteiger partial charge in [-0.3, -0.25) is 0 Å². The van der Waals surface area contributed by atoms with Gasteiger partial charge in [-0.25, -0.2) is 4.98 Å². The minimum atomic E-state index is 0.339. The fourth-order valence-electron chi connectivity index (χ4n) is 0.504. The van der Waals surface area contributed by atoms with Crippen LogP contribution in [0.4, 0.5) is 0 Å². The molecule has 1 aromatic rings. The quantitative estimate of drug-likeness (QED) is 0.660. The highest BCUT2D eigenvalue weighted by atomic mass is 35.5. The van der Waals surface area contributed by atoms with Gasteiger partial charge in [-0.1, -0.05) is 23.2 Å². The Morgan fingerprint density at radius 3 is 2.73 bits per heavy atom. The van der Waals surface area contributed by atoms with Gasteiger partial charge in [0.1, 0.15) is 5.15 Å². The van der Waals surface area contributed by atoms with Crippen LogP contribution in [-0.2, 0) is 0 Å². The van der Waals surface area contributed by atoms with Crippen molar-refractivity contribution in [3.63, 3.8) is 0 Å². The summed E-state index contributed by atoms with van der Waals surface area (Å²) in [5.41, 5.74) is 0. The van der Waals surface area contributed by atoms with Crippen LogP contribution in [0.1, 0.15) is 4.88 Å². The van der Waals surface area contributed by atoms with E-state index in [0.29, 0.717) is 14.5 Å². The zero-order chi connectivity index (χ0) is 8.27. The summed E-state index contributed by atoms with van der Waals surface area (Å²) in [7, 11) is 0. The molecule has 1 aromatic heterocycles. The first-order chi connectivity index (χ1) is 5.24. The van der Waals surface area contributed by atoms with Gasteiger partial charge in [0.15, 0.2) is 4.47 Å². The Kier molecular flexibility index (Phi) is 2.89. The molecular weight excluding hydrogens is 203 g/mol. The Balaban J connectivity index is 2.96. The van der Waals surface area contributed by atoms with Crippen LogP contribution >= 0.6 is 34.5 Å². The number of halogens is 2. The average molecular weight is 205 g/mol. The van der Waals surface area contributed by atoms with Crippen LogP contribution < -0.4 is 0 Å². The molecule has 0 N–H and O–H groups in total. The van der Waals surface area contributed by atoms with Gasteiger partial charge in [-0.05, 0) is 6.08 Å². The zero-order valence-corrected chi connectivity index (χ0v) is 7.54. The van der Waals surface area contributed by atoms with Crippen molar-refractivity contribution in [2.45, 2.75) is 0 Å². The Hall–Kier alpha value is -0.560. The first kappa shape index (κ1) is 8.54. The van der Waals surface area contributed by atoms with Gasteiger partial charge in [0.2, 0.25) is 0 Å². The van der Waals surface area contributed by atoms with Gasteiger partial charge in [-0.2, -0.15) is 5.26 Å². The third kappa shape index (κ3) is 2.19. The molecule has 0 aliphatic rings. The Labute approximate surface area is 77.7 Å². The molecule has 1 rings (SSSR count). The van der Waals surface area contributed by atoms with Crippen molar-refractivity contribution in [2.75, 3.05) is 0 Å². The fourth-order valence-corrected chi connectivity index (χ4v) is 1.78. The van der Waals surface area contributed by atoms with E-state index in [1.165, 1.54) is 17.4 Å². The lowest BCUT2D eigenvalue weighted by Gasteiger charge is -1.79. The van der Waals surface area contributed by atoms with Crippen LogP contribution in [-0.4, -0.2) is 4.98 Å². The molecule has 0 amide bonds. The number of nitrogens with zero attached hydrogens (tertiary/aromatic N) is 2. The standard InChI is InChI=1S/C6H2Cl2N2S/c7-5-4(2-1-3-9)11-6(8)10-5/h1-2H. The van der Waals surface area contributed by atoms with Crippen molar-refractivity contribution in [3.05, 3.63) is 20.6 Å². The molecule has 1 heterocycles. The molecule has 0 spiro atoms. The number of thiazole rings is 1. The second-order valence-electron chi connectivity index (χ2n) is 1.58. The van der Waals surface area contributed by atoms with Crippen molar-refractivity contribution < 1.29 is 0 Å². The summed E-state index contributed by atoms with van der Waals surface area (Å²) in [6, 6.07) is 1.85. The van der Waals surface area contributed by atoms with Crippen molar-refractivity contribution in [2.24, 2.45) is 0 Å². The number of rotatable bonds is 1. The van der Waals surface area contributed by atoms with Crippen molar-refractivity contribution in [1.29, 1.82) is 5.26 Å². The Morgan fingerprint density at radius 1 is 1.55 bits per heavy atom. The second kappa shape index (κ2) is 3.72. The molecule has 5 heteroatoms. The molecule has 0 radical (unpaired) electrons. The molecule has 0 aromatic carbocycles. The van der Waals surface area contributed by atoms with Crippen LogP contribution in [0.2, 0.25) is 9.62 Å². The minimum Gasteiger partial charge on any atom is -0.212 e. The van der Waals surface area contributed by atoms with Crippen molar-refractivity contribution in [1.82, 2.24) is 4.98 Å².